The molecular weight excluding hydrogens is 354 g/mol. The molecule has 0 aliphatic heterocycles. The second kappa shape index (κ2) is 7.42. The maximum atomic E-state index is 12.9. The van der Waals surface area contributed by atoms with E-state index in [0.29, 0.717) is 13.0 Å². The van der Waals surface area contributed by atoms with Gasteiger partial charge in [0.2, 0.25) is 5.91 Å². The summed E-state index contributed by atoms with van der Waals surface area (Å²) in [4.78, 5) is 26.5. The molecule has 7 heteroatoms. The van der Waals surface area contributed by atoms with Crippen molar-refractivity contribution >= 4 is 5.91 Å². The molecule has 144 valence electrons. The molecule has 0 saturated carbocycles. The van der Waals surface area contributed by atoms with Gasteiger partial charge in [0.25, 0.3) is 5.56 Å². The lowest BCUT2D eigenvalue weighted by atomic mass is 9.86. The lowest BCUT2D eigenvalue weighted by Crippen LogP contribution is -2.36. The smallest absolute Gasteiger partial charge is 0.266 e. The molecule has 1 unspecified atom stereocenters. The van der Waals surface area contributed by atoms with E-state index in [-0.39, 0.29) is 17.4 Å². The van der Waals surface area contributed by atoms with Gasteiger partial charge in [-0.2, -0.15) is 10.2 Å². The Hall–Kier alpha value is -3.22. The van der Waals surface area contributed by atoms with Crippen LogP contribution in [0.3, 0.4) is 0 Å². The number of carbonyl (C=O) groups is 1. The molecule has 1 aliphatic rings. The van der Waals surface area contributed by atoms with Crippen LogP contribution in [-0.4, -0.2) is 37.4 Å². The number of rotatable bonds is 4. The highest BCUT2D eigenvalue weighted by Crippen LogP contribution is 2.25. The van der Waals surface area contributed by atoms with E-state index in [1.165, 1.54) is 4.68 Å². The highest BCUT2D eigenvalue weighted by molar-refractivity contribution is 5.79. The van der Waals surface area contributed by atoms with Gasteiger partial charge in [-0.25, -0.2) is 9.36 Å². The van der Waals surface area contributed by atoms with Gasteiger partial charge in [0, 0.05) is 44.4 Å². The molecule has 0 saturated heterocycles. The van der Waals surface area contributed by atoms with E-state index in [1.54, 1.807) is 24.2 Å². The predicted octanol–water partition coefficient (Wildman–Crippen LogP) is 1.73. The topological polar surface area (TPSA) is 73.0 Å². The summed E-state index contributed by atoms with van der Waals surface area (Å²) >= 11 is 0. The average Bonchev–Trinajstić information content (AvgIpc) is 3.17. The minimum atomic E-state index is -0.131. The van der Waals surface area contributed by atoms with Crippen LogP contribution in [-0.2, 0) is 31.2 Å². The standard InChI is InChI=1S/C21H23N5O2/c1-24(13-15-12-22-26(14-15)18-6-4-3-5-7-18)21(28)16-8-9-19-17(10-16)11-20(27)25(2)23-19/h3-7,11-12,14,16H,8-10,13H2,1-2H3. The van der Waals surface area contributed by atoms with Crippen LogP contribution in [0, 0.1) is 5.92 Å². The first-order valence-electron chi connectivity index (χ1n) is 9.41. The van der Waals surface area contributed by atoms with E-state index in [9.17, 15) is 9.59 Å². The summed E-state index contributed by atoms with van der Waals surface area (Å²) in [5, 5.41) is 8.71. The second-order valence-electron chi connectivity index (χ2n) is 7.34. The van der Waals surface area contributed by atoms with Gasteiger partial charge in [0.15, 0.2) is 0 Å². The van der Waals surface area contributed by atoms with Gasteiger partial charge in [-0.05, 0) is 37.0 Å². The highest BCUT2D eigenvalue weighted by Gasteiger charge is 2.28. The van der Waals surface area contributed by atoms with Crippen LogP contribution < -0.4 is 5.56 Å². The Morgan fingerprint density at radius 3 is 2.86 bits per heavy atom. The van der Waals surface area contributed by atoms with E-state index in [4.69, 9.17) is 0 Å². The molecule has 1 aromatic carbocycles. The van der Waals surface area contributed by atoms with Crippen molar-refractivity contribution in [3.05, 3.63) is 76.0 Å². The first-order chi connectivity index (χ1) is 13.5. The van der Waals surface area contributed by atoms with Crippen molar-refractivity contribution in [3.63, 3.8) is 0 Å². The molecule has 1 aliphatic carbocycles. The molecule has 1 atom stereocenters. The number of fused-ring (bicyclic) bond motifs is 1. The third kappa shape index (κ3) is 3.60. The fourth-order valence-corrected chi connectivity index (χ4v) is 3.72. The van der Waals surface area contributed by atoms with Crippen LogP contribution in [0.2, 0.25) is 0 Å². The Bertz CT molecular complexity index is 1050. The fraction of sp³-hybridized carbons (Fsp3) is 0.333. The van der Waals surface area contributed by atoms with Crippen molar-refractivity contribution in [2.75, 3.05) is 7.05 Å². The summed E-state index contributed by atoms with van der Waals surface area (Å²) in [6, 6.07) is 11.5. The number of aryl methyl sites for hydroxylation is 2. The van der Waals surface area contributed by atoms with Gasteiger partial charge in [0.1, 0.15) is 0 Å². The third-order valence-electron chi connectivity index (χ3n) is 5.26. The van der Waals surface area contributed by atoms with E-state index in [2.05, 4.69) is 10.2 Å². The van der Waals surface area contributed by atoms with Gasteiger partial charge in [-0.3, -0.25) is 9.59 Å². The van der Waals surface area contributed by atoms with Crippen molar-refractivity contribution in [3.8, 4) is 5.69 Å². The molecule has 0 fully saturated rings. The van der Waals surface area contributed by atoms with Crippen LogP contribution >= 0.6 is 0 Å². The summed E-state index contributed by atoms with van der Waals surface area (Å²) in [7, 11) is 3.48. The zero-order chi connectivity index (χ0) is 19.7. The van der Waals surface area contributed by atoms with Crippen LogP contribution in [0.4, 0.5) is 0 Å². The Balaban J connectivity index is 1.43. The first-order valence-corrected chi connectivity index (χ1v) is 9.41. The van der Waals surface area contributed by atoms with Crippen molar-refractivity contribution in [1.82, 2.24) is 24.5 Å². The molecule has 0 bridgehead atoms. The zero-order valence-electron chi connectivity index (χ0n) is 16.1. The van der Waals surface area contributed by atoms with E-state index >= 15 is 0 Å². The molecule has 7 nitrogen and oxygen atoms in total. The third-order valence-corrected chi connectivity index (χ3v) is 5.26. The zero-order valence-corrected chi connectivity index (χ0v) is 16.1. The molecule has 2 heterocycles. The average molecular weight is 377 g/mol. The molecule has 3 aromatic rings. The quantitative estimate of drug-likeness (QED) is 0.694. The number of nitrogens with zero attached hydrogens (tertiary/aromatic N) is 5. The summed E-state index contributed by atoms with van der Waals surface area (Å²) in [6.07, 6.45) is 5.79. The molecule has 2 aromatic heterocycles. The Morgan fingerprint density at radius 2 is 2.07 bits per heavy atom. The van der Waals surface area contributed by atoms with Gasteiger partial charge in [-0.1, -0.05) is 18.2 Å². The molecule has 0 spiro atoms. The Kier molecular flexibility index (Phi) is 4.81. The number of para-hydroxylation sites is 1. The van der Waals surface area contributed by atoms with Crippen LogP contribution in [0.5, 0.6) is 0 Å². The number of benzene rings is 1. The number of hydrogen-bond donors (Lipinski definition) is 0. The van der Waals surface area contributed by atoms with E-state index in [0.717, 1.165) is 35.3 Å². The van der Waals surface area contributed by atoms with Crippen molar-refractivity contribution in [1.29, 1.82) is 0 Å². The summed E-state index contributed by atoms with van der Waals surface area (Å²) in [6.45, 7) is 0.504. The van der Waals surface area contributed by atoms with Crippen molar-refractivity contribution < 1.29 is 4.79 Å². The van der Waals surface area contributed by atoms with Crippen LogP contribution in [0.25, 0.3) is 5.69 Å². The lowest BCUT2D eigenvalue weighted by Gasteiger charge is -2.27. The van der Waals surface area contributed by atoms with Gasteiger partial charge >= 0.3 is 0 Å². The van der Waals surface area contributed by atoms with Gasteiger partial charge < -0.3 is 4.90 Å². The largest absolute Gasteiger partial charge is 0.341 e. The Labute approximate surface area is 163 Å². The minimum absolute atomic E-state index is 0.0961. The molecular formula is C21H23N5O2. The van der Waals surface area contributed by atoms with Gasteiger partial charge in [0.05, 0.1) is 17.6 Å². The Morgan fingerprint density at radius 1 is 1.29 bits per heavy atom. The maximum Gasteiger partial charge on any atom is 0.266 e. The van der Waals surface area contributed by atoms with Gasteiger partial charge in [-0.15, -0.1) is 0 Å². The molecule has 4 rings (SSSR count). The number of aromatic nitrogens is 4. The van der Waals surface area contributed by atoms with E-state index < -0.39 is 0 Å². The predicted molar refractivity (Wildman–Crippen MR) is 105 cm³/mol. The van der Waals surface area contributed by atoms with Crippen molar-refractivity contribution in [2.24, 2.45) is 13.0 Å². The summed E-state index contributed by atoms with van der Waals surface area (Å²) < 4.78 is 3.17. The second-order valence-corrected chi connectivity index (χ2v) is 7.34. The SMILES string of the molecule is CN(Cc1cnn(-c2ccccc2)c1)C(=O)C1CCc2nn(C)c(=O)cc2C1. The highest BCUT2D eigenvalue weighted by atomic mass is 16.2. The normalized spacial score (nSPS) is 15.9. The molecule has 0 N–H and O–H groups in total. The lowest BCUT2D eigenvalue weighted by molar-refractivity contribution is -0.135. The number of amides is 1. The van der Waals surface area contributed by atoms with Crippen LogP contribution in [0.1, 0.15) is 23.2 Å². The summed E-state index contributed by atoms with van der Waals surface area (Å²) in [5.74, 6) is -0.0191. The molecule has 1 amide bonds. The maximum absolute atomic E-state index is 12.9. The molecule has 28 heavy (non-hydrogen) atoms. The number of carbonyl (C=O) groups excluding carboxylic acids is 1. The minimum Gasteiger partial charge on any atom is -0.341 e. The number of hydrogen-bond acceptors (Lipinski definition) is 4. The monoisotopic (exact) mass is 377 g/mol. The van der Waals surface area contributed by atoms with Crippen molar-refractivity contribution in [2.45, 2.75) is 25.8 Å². The first kappa shape index (κ1) is 18.2. The van der Waals surface area contributed by atoms with E-state index in [1.807, 2.05) is 48.3 Å². The summed E-state index contributed by atoms with van der Waals surface area (Å²) in [5.41, 5.74) is 3.66. The van der Waals surface area contributed by atoms with Crippen LogP contribution in [0.15, 0.2) is 53.6 Å². The fourth-order valence-electron chi connectivity index (χ4n) is 3.72. The molecule has 0 radical (unpaired) electrons.